The highest BCUT2D eigenvalue weighted by atomic mass is 16.5. The van der Waals surface area contributed by atoms with Crippen LogP contribution in [0.2, 0.25) is 0 Å². The van der Waals surface area contributed by atoms with Crippen molar-refractivity contribution < 1.29 is 23.9 Å². The van der Waals surface area contributed by atoms with Gasteiger partial charge in [0.1, 0.15) is 0 Å². The highest BCUT2D eigenvalue weighted by Crippen LogP contribution is 2.26. The summed E-state index contributed by atoms with van der Waals surface area (Å²) in [4.78, 5) is 37.9. The summed E-state index contributed by atoms with van der Waals surface area (Å²) in [5.41, 5.74) is 2.43. The minimum atomic E-state index is -0.658. The van der Waals surface area contributed by atoms with Gasteiger partial charge in [0.2, 0.25) is 0 Å². The van der Waals surface area contributed by atoms with Gasteiger partial charge in [-0.05, 0) is 42.7 Å². The minimum Gasteiger partial charge on any atom is -0.465 e. The number of benzene rings is 2. The zero-order valence-electron chi connectivity index (χ0n) is 14.4. The van der Waals surface area contributed by atoms with Gasteiger partial charge in [-0.2, -0.15) is 0 Å². The third-order valence-electron chi connectivity index (χ3n) is 4.26. The van der Waals surface area contributed by atoms with Crippen LogP contribution in [0.5, 0.6) is 0 Å². The molecule has 26 heavy (non-hydrogen) atoms. The fourth-order valence-electron chi connectivity index (χ4n) is 2.97. The molecule has 1 aliphatic rings. The number of carbonyl (C=O) groups excluding carboxylic acids is 3. The van der Waals surface area contributed by atoms with E-state index in [0.29, 0.717) is 6.54 Å². The average molecular weight is 353 g/mol. The smallest absolute Gasteiger partial charge is 0.338 e. The topological polar surface area (TPSA) is 72.9 Å². The Kier molecular flexibility index (Phi) is 5.31. The number of hydrogen-bond donors (Lipinski definition) is 0. The van der Waals surface area contributed by atoms with Gasteiger partial charge >= 0.3 is 11.9 Å². The van der Waals surface area contributed by atoms with Crippen molar-refractivity contribution in [2.24, 2.45) is 0 Å². The van der Waals surface area contributed by atoms with Gasteiger partial charge in [-0.1, -0.05) is 24.3 Å². The molecule has 0 fully saturated rings. The molecule has 1 amide bonds. The number of methoxy groups -OCH3 is 1. The van der Waals surface area contributed by atoms with E-state index in [1.54, 1.807) is 17.0 Å². The fraction of sp³-hybridized carbons (Fsp3) is 0.250. The number of para-hydroxylation sites is 1. The molecule has 0 saturated heterocycles. The second kappa shape index (κ2) is 7.82. The lowest BCUT2D eigenvalue weighted by molar-refractivity contribution is -0.121. The summed E-state index contributed by atoms with van der Waals surface area (Å²) >= 11 is 0. The van der Waals surface area contributed by atoms with Crippen molar-refractivity contribution in [1.29, 1.82) is 0 Å². The molecule has 0 aliphatic carbocycles. The second-order valence-electron chi connectivity index (χ2n) is 5.93. The zero-order valence-corrected chi connectivity index (χ0v) is 14.4. The van der Waals surface area contributed by atoms with Gasteiger partial charge < -0.3 is 14.4 Å². The van der Waals surface area contributed by atoms with Crippen LogP contribution in [-0.4, -0.2) is 38.1 Å². The van der Waals surface area contributed by atoms with Crippen LogP contribution in [0.25, 0.3) is 0 Å². The maximum atomic E-state index is 12.5. The average Bonchev–Trinajstić information content (AvgIpc) is 2.70. The third kappa shape index (κ3) is 3.74. The summed E-state index contributed by atoms with van der Waals surface area (Å²) in [6, 6.07) is 13.7. The van der Waals surface area contributed by atoms with E-state index in [9.17, 15) is 14.4 Å². The number of amides is 1. The lowest BCUT2D eigenvalue weighted by atomic mass is 10.0. The normalized spacial score (nSPS) is 12.9. The number of nitrogens with zero attached hydrogens (tertiary/aromatic N) is 1. The Morgan fingerprint density at radius 1 is 1.00 bits per heavy atom. The monoisotopic (exact) mass is 353 g/mol. The largest absolute Gasteiger partial charge is 0.465 e. The maximum absolute atomic E-state index is 12.5. The molecule has 1 aliphatic heterocycles. The summed E-state index contributed by atoms with van der Waals surface area (Å²) in [5.74, 6) is -1.47. The number of anilines is 1. The van der Waals surface area contributed by atoms with Crippen LogP contribution in [0, 0.1) is 0 Å². The first-order valence-electron chi connectivity index (χ1n) is 8.34. The van der Waals surface area contributed by atoms with Crippen LogP contribution >= 0.6 is 0 Å². The van der Waals surface area contributed by atoms with Crippen molar-refractivity contribution in [2.75, 3.05) is 25.2 Å². The Balaban J connectivity index is 1.65. The van der Waals surface area contributed by atoms with E-state index < -0.39 is 11.9 Å². The maximum Gasteiger partial charge on any atom is 0.338 e. The van der Waals surface area contributed by atoms with E-state index in [1.807, 2.05) is 24.3 Å². The van der Waals surface area contributed by atoms with E-state index in [1.165, 1.54) is 19.2 Å². The van der Waals surface area contributed by atoms with E-state index in [0.717, 1.165) is 24.1 Å². The Morgan fingerprint density at radius 3 is 2.50 bits per heavy atom. The first-order chi connectivity index (χ1) is 12.6. The fourth-order valence-corrected chi connectivity index (χ4v) is 2.97. The van der Waals surface area contributed by atoms with Gasteiger partial charge in [-0.15, -0.1) is 0 Å². The molecular formula is C20H19NO5. The van der Waals surface area contributed by atoms with Crippen molar-refractivity contribution in [3.05, 3.63) is 65.2 Å². The van der Waals surface area contributed by atoms with Crippen LogP contribution in [0.1, 0.15) is 32.7 Å². The van der Waals surface area contributed by atoms with Crippen molar-refractivity contribution >= 4 is 23.5 Å². The van der Waals surface area contributed by atoms with Crippen LogP contribution < -0.4 is 4.90 Å². The van der Waals surface area contributed by atoms with E-state index in [2.05, 4.69) is 4.74 Å². The van der Waals surface area contributed by atoms with Gasteiger partial charge in [-0.25, -0.2) is 9.59 Å². The van der Waals surface area contributed by atoms with Crippen molar-refractivity contribution in [1.82, 2.24) is 0 Å². The molecule has 134 valence electrons. The summed E-state index contributed by atoms with van der Waals surface area (Å²) < 4.78 is 9.77. The standard InChI is InChI=1S/C20H19NO5/c1-25-19(23)15-7-4-8-16(12-15)20(24)26-13-18(22)21-11-5-9-14-6-2-3-10-17(14)21/h2-4,6-8,10,12H,5,9,11,13H2,1H3. The van der Waals surface area contributed by atoms with Crippen molar-refractivity contribution in [3.63, 3.8) is 0 Å². The first kappa shape index (κ1) is 17.7. The molecule has 0 spiro atoms. The van der Waals surface area contributed by atoms with Gasteiger partial charge in [0, 0.05) is 12.2 Å². The molecule has 0 unspecified atom stereocenters. The zero-order chi connectivity index (χ0) is 18.5. The number of carbonyl (C=O) groups is 3. The third-order valence-corrected chi connectivity index (χ3v) is 4.26. The summed E-state index contributed by atoms with van der Waals surface area (Å²) in [5, 5.41) is 0. The lowest BCUT2D eigenvalue weighted by Gasteiger charge is -2.29. The molecule has 1 heterocycles. The molecule has 0 aromatic heterocycles. The van der Waals surface area contributed by atoms with Crippen LogP contribution in [0.4, 0.5) is 5.69 Å². The van der Waals surface area contributed by atoms with Gasteiger partial charge in [0.25, 0.3) is 5.91 Å². The highest BCUT2D eigenvalue weighted by molar-refractivity contribution is 5.99. The van der Waals surface area contributed by atoms with Crippen molar-refractivity contribution in [3.8, 4) is 0 Å². The predicted molar refractivity (Wildman–Crippen MR) is 95.2 cm³/mol. The molecule has 0 radical (unpaired) electrons. The Bertz CT molecular complexity index is 846. The Hall–Kier alpha value is -3.15. The minimum absolute atomic E-state index is 0.194. The van der Waals surface area contributed by atoms with Crippen LogP contribution in [0.3, 0.4) is 0 Å². The number of ether oxygens (including phenoxy) is 2. The number of fused-ring (bicyclic) bond motifs is 1. The molecule has 6 heteroatoms. The van der Waals surface area contributed by atoms with Gasteiger partial charge in [-0.3, -0.25) is 4.79 Å². The Labute approximate surface area is 151 Å². The number of rotatable bonds is 4. The molecule has 0 atom stereocenters. The molecule has 0 N–H and O–H groups in total. The first-order valence-corrected chi connectivity index (χ1v) is 8.34. The number of aryl methyl sites for hydroxylation is 1. The Morgan fingerprint density at radius 2 is 1.73 bits per heavy atom. The van der Waals surface area contributed by atoms with Crippen LogP contribution in [0.15, 0.2) is 48.5 Å². The molecule has 0 saturated carbocycles. The molecule has 3 rings (SSSR count). The number of hydrogen-bond acceptors (Lipinski definition) is 5. The highest BCUT2D eigenvalue weighted by Gasteiger charge is 2.23. The summed E-state index contributed by atoms with van der Waals surface area (Å²) in [6.45, 7) is 0.251. The lowest BCUT2D eigenvalue weighted by Crippen LogP contribution is -2.38. The molecule has 0 bridgehead atoms. The summed E-state index contributed by atoms with van der Waals surface area (Å²) in [6.07, 6.45) is 1.80. The van der Waals surface area contributed by atoms with E-state index in [4.69, 9.17) is 4.74 Å². The predicted octanol–water partition coefficient (Wildman–Crippen LogP) is 2.61. The van der Waals surface area contributed by atoms with Gasteiger partial charge in [0.15, 0.2) is 6.61 Å². The molecule has 2 aromatic rings. The van der Waals surface area contributed by atoms with Gasteiger partial charge in [0.05, 0.1) is 18.2 Å². The summed E-state index contributed by atoms with van der Waals surface area (Å²) in [7, 11) is 1.27. The number of esters is 2. The quantitative estimate of drug-likeness (QED) is 0.790. The van der Waals surface area contributed by atoms with E-state index in [-0.39, 0.29) is 23.6 Å². The molecular weight excluding hydrogens is 334 g/mol. The van der Waals surface area contributed by atoms with E-state index >= 15 is 0 Å². The SMILES string of the molecule is COC(=O)c1cccc(C(=O)OCC(=O)N2CCCc3ccccc32)c1. The molecule has 6 nitrogen and oxygen atoms in total. The van der Waals surface area contributed by atoms with Crippen molar-refractivity contribution in [2.45, 2.75) is 12.8 Å². The second-order valence-corrected chi connectivity index (χ2v) is 5.93. The molecule has 2 aromatic carbocycles. The van der Waals surface area contributed by atoms with Crippen LogP contribution in [-0.2, 0) is 20.7 Å².